The summed E-state index contributed by atoms with van der Waals surface area (Å²) in [4.78, 5) is 0.570. The van der Waals surface area contributed by atoms with Gasteiger partial charge in [0.05, 0.1) is 11.6 Å². The summed E-state index contributed by atoms with van der Waals surface area (Å²) < 4.78 is 13.2. The van der Waals surface area contributed by atoms with Crippen molar-refractivity contribution < 1.29 is 19.7 Å². The van der Waals surface area contributed by atoms with Crippen molar-refractivity contribution in [3.05, 3.63) is 35.1 Å². The highest BCUT2D eigenvalue weighted by atomic mass is 35.5. The molecule has 10 heteroatoms. The summed E-state index contributed by atoms with van der Waals surface area (Å²) in [5.74, 6) is -0.531. The number of halogens is 1. The minimum absolute atomic E-state index is 0.401. The second-order valence-corrected chi connectivity index (χ2v) is 7.77. The van der Waals surface area contributed by atoms with Crippen molar-refractivity contribution >= 4 is 27.9 Å². The van der Waals surface area contributed by atoms with Crippen LogP contribution in [0.15, 0.2) is 24.3 Å². The summed E-state index contributed by atoms with van der Waals surface area (Å²) in [5, 5.41) is 33.6. The van der Waals surface area contributed by atoms with E-state index in [4.69, 9.17) is 21.1 Å². The van der Waals surface area contributed by atoms with E-state index in [-0.39, 0.29) is 0 Å². The molecule has 0 aliphatic carbocycles. The number of aromatic nitrogens is 4. The van der Waals surface area contributed by atoms with Crippen LogP contribution < -0.4 is 0 Å². The van der Waals surface area contributed by atoms with Gasteiger partial charge >= 0.3 is 0 Å². The molecule has 0 radical (unpaired) electrons. The lowest BCUT2D eigenvalue weighted by atomic mass is 10.1. The molecule has 8 nitrogen and oxygen atoms in total. The molecule has 1 aromatic carbocycles. The lowest BCUT2D eigenvalue weighted by Crippen LogP contribution is -2.35. The Morgan fingerprint density at radius 3 is 2.81 bits per heavy atom. The van der Waals surface area contributed by atoms with Crippen LogP contribution in [0.4, 0.5) is 0 Å². The Hall–Kier alpha value is -1.62. The Morgan fingerprint density at radius 1 is 1.31 bits per heavy atom. The van der Waals surface area contributed by atoms with Gasteiger partial charge in [-0.1, -0.05) is 41.1 Å². The van der Waals surface area contributed by atoms with Crippen LogP contribution in [-0.2, 0) is 9.47 Å². The lowest BCUT2D eigenvalue weighted by molar-refractivity contribution is -0.158. The fourth-order valence-electron chi connectivity index (χ4n) is 2.93. The van der Waals surface area contributed by atoms with Gasteiger partial charge in [-0.25, -0.2) is 0 Å². The molecule has 2 aromatic heterocycles. The molecule has 0 bridgehead atoms. The first-order valence-corrected chi connectivity index (χ1v) is 9.20. The molecular weight excluding hydrogens is 380 g/mol. The maximum Gasteiger partial charge on any atom is 0.235 e. The van der Waals surface area contributed by atoms with E-state index in [1.165, 1.54) is 11.3 Å². The van der Waals surface area contributed by atoms with Crippen molar-refractivity contribution in [2.75, 3.05) is 6.61 Å². The third-order valence-corrected chi connectivity index (χ3v) is 5.33. The SMILES string of the molecule is CC1(C)O[C@H]([C@H](O)CO)[C@@H](c2nnc3sc(-c4ccccc4Cl)nn23)O1. The molecule has 1 aliphatic rings. The van der Waals surface area contributed by atoms with Gasteiger partial charge in [-0.3, -0.25) is 0 Å². The van der Waals surface area contributed by atoms with Crippen molar-refractivity contribution in [3.8, 4) is 10.6 Å². The smallest absolute Gasteiger partial charge is 0.235 e. The van der Waals surface area contributed by atoms with E-state index in [1.54, 1.807) is 24.4 Å². The molecule has 0 saturated carbocycles. The third-order valence-electron chi connectivity index (χ3n) is 4.07. The van der Waals surface area contributed by atoms with Gasteiger partial charge in [0.15, 0.2) is 17.7 Å². The minimum Gasteiger partial charge on any atom is -0.394 e. The van der Waals surface area contributed by atoms with Crippen LogP contribution in [0.25, 0.3) is 15.5 Å². The van der Waals surface area contributed by atoms with Gasteiger partial charge in [-0.15, -0.1) is 10.2 Å². The van der Waals surface area contributed by atoms with E-state index in [1.807, 2.05) is 18.2 Å². The zero-order valence-corrected chi connectivity index (χ0v) is 15.6. The Morgan fingerprint density at radius 2 is 2.08 bits per heavy atom. The van der Waals surface area contributed by atoms with Crippen molar-refractivity contribution in [1.29, 1.82) is 0 Å². The maximum atomic E-state index is 10.1. The number of ether oxygens (including phenoxy) is 2. The fraction of sp³-hybridized carbons (Fsp3) is 0.438. The molecule has 0 unspecified atom stereocenters. The van der Waals surface area contributed by atoms with Crippen LogP contribution in [0.5, 0.6) is 0 Å². The highest BCUT2D eigenvalue weighted by molar-refractivity contribution is 7.19. The first-order valence-electron chi connectivity index (χ1n) is 8.01. The molecule has 3 heterocycles. The third kappa shape index (κ3) is 3.00. The van der Waals surface area contributed by atoms with Gasteiger partial charge < -0.3 is 19.7 Å². The number of aliphatic hydroxyl groups is 2. The Balaban J connectivity index is 1.76. The van der Waals surface area contributed by atoms with Crippen LogP contribution in [-0.4, -0.2) is 54.6 Å². The van der Waals surface area contributed by atoms with Crippen LogP contribution in [0.2, 0.25) is 5.02 Å². The first-order chi connectivity index (χ1) is 12.4. The largest absolute Gasteiger partial charge is 0.394 e. The normalized spacial score (nSPS) is 23.6. The number of aliphatic hydroxyl groups excluding tert-OH is 2. The summed E-state index contributed by atoms with van der Waals surface area (Å²) >= 11 is 7.60. The molecule has 3 atom stereocenters. The van der Waals surface area contributed by atoms with E-state index in [0.29, 0.717) is 20.8 Å². The van der Waals surface area contributed by atoms with Crippen LogP contribution in [0.1, 0.15) is 25.8 Å². The summed E-state index contributed by atoms with van der Waals surface area (Å²) in [5.41, 5.74) is 0.798. The number of fused-ring (bicyclic) bond motifs is 1. The van der Waals surface area contributed by atoms with Crippen LogP contribution >= 0.6 is 22.9 Å². The average molecular weight is 397 g/mol. The highest BCUT2D eigenvalue weighted by Gasteiger charge is 2.47. The molecule has 4 rings (SSSR count). The number of rotatable bonds is 4. The van der Waals surface area contributed by atoms with Gasteiger partial charge in [-0.2, -0.15) is 9.61 Å². The average Bonchev–Trinajstić information content (AvgIpc) is 3.26. The molecule has 1 fully saturated rings. The van der Waals surface area contributed by atoms with E-state index < -0.39 is 30.7 Å². The van der Waals surface area contributed by atoms with Crippen molar-refractivity contribution in [2.45, 2.75) is 37.9 Å². The molecular formula is C16H17ClN4O4S. The lowest BCUT2D eigenvalue weighted by Gasteiger charge is -2.19. The van der Waals surface area contributed by atoms with E-state index in [2.05, 4.69) is 15.3 Å². The van der Waals surface area contributed by atoms with Crippen molar-refractivity contribution in [2.24, 2.45) is 0 Å². The first kappa shape index (κ1) is 17.8. The van der Waals surface area contributed by atoms with Crippen molar-refractivity contribution in [1.82, 2.24) is 19.8 Å². The highest BCUT2D eigenvalue weighted by Crippen LogP contribution is 2.40. The van der Waals surface area contributed by atoms with Crippen LogP contribution in [0.3, 0.4) is 0 Å². The Labute approximate surface area is 158 Å². The van der Waals surface area contributed by atoms with E-state index in [9.17, 15) is 10.2 Å². The molecule has 26 heavy (non-hydrogen) atoms. The maximum absolute atomic E-state index is 10.1. The molecule has 1 aliphatic heterocycles. The zero-order valence-electron chi connectivity index (χ0n) is 14.0. The fourth-order valence-corrected chi connectivity index (χ4v) is 4.09. The predicted octanol–water partition coefficient (Wildman–Crippen LogP) is 2.05. The quantitative estimate of drug-likeness (QED) is 0.695. The Bertz CT molecular complexity index is 943. The van der Waals surface area contributed by atoms with E-state index >= 15 is 0 Å². The Kier molecular flexibility index (Phi) is 4.46. The predicted molar refractivity (Wildman–Crippen MR) is 95.0 cm³/mol. The number of nitrogens with zero attached hydrogens (tertiary/aromatic N) is 4. The molecule has 1 saturated heterocycles. The molecule has 138 valence electrons. The summed E-state index contributed by atoms with van der Waals surface area (Å²) in [6.45, 7) is 3.02. The van der Waals surface area contributed by atoms with Gasteiger partial charge in [0.2, 0.25) is 4.96 Å². The summed E-state index contributed by atoms with van der Waals surface area (Å²) in [6.07, 6.45) is -2.62. The summed E-state index contributed by atoms with van der Waals surface area (Å²) in [6, 6.07) is 7.41. The van der Waals surface area contributed by atoms with Gasteiger partial charge in [0.25, 0.3) is 0 Å². The number of hydrogen-bond donors (Lipinski definition) is 2. The standard InChI is InChI=1S/C16H17ClN4O4S/c1-16(2)24-11(10(23)7-22)12(25-16)13-18-19-15-21(13)20-14(26-15)8-5-3-4-6-9(8)17/h3-6,10-12,22-23H,7H2,1-2H3/t10-,11-,12+/m1/s1. The monoisotopic (exact) mass is 396 g/mol. The van der Waals surface area contributed by atoms with E-state index in [0.717, 1.165) is 5.56 Å². The van der Waals surface area contributed by atoms with Gasteiger partial charge in [0, 0.05) is 5.56 Å². The second kappa shape index (κ2) is 6.52. The molecule has 0 amide bonds. The van der Waals surface area contributed by atoms with Crippen LogP contribution in [0, 0.1) is 0 Å². The molecule has 2 N–H and O–H groups in total. The molecule has 3 aromatic rings. The minimum atomic E-state index is -1.12. The van der Waals surface area contributed by atoms with Gasteiger partial charge in [0.1, 0.15) is 17.2 Å². The zero-order chi connectivity index (χ0) is 18.5. The number of hydrogen-bond acceptors (Lipinski definition) is 8. The number of benzene rings is 1. The molecule has 0 spiro atoms. The van der Waals surface area contributed by atoms with Crippen molar-refractivity contribution in [3.63, 3.8) is 0 Å². The van der Waals surface area contributed by atoms with Gasteiger partial charge in [-0.05, 0) is 19.9 Å². The second-order valence-electron chi connectivity index (χ2n) is 6.41. The summed E-state index contributed by atoms with van der Waals surface area (Å²) in [7, 11) is 0. The topological polar surface area (TPSA) is 102 Å².